The fraction of sp³-hybridized carbons (Fsp3) is 0.278. The van der Waals surface area contributed by atoms with Crippen LogP contribution in [0.25, 0.3) is 0 Å². The van der Waals surface area contributed by atoms with Crippen LogP contribution in [0, 0.1) is 0 Å². The summed E-state index contributed by atoms with van der Waals surface area (Å²) in [6.45, 7) is 2.11. The van der Waals surface area contributed by atoms with Gasteiger partial charge in [-0.2, -0.15) is 0 Å². The monoisotopic (exact) mass is 408 g/mol. The summed E-state index contributed by atoms with van der Waals surface area (Å²) in [5.74, 6) is 1.42. The number of ether oxygens (including phenoxy) is 2. The van der Waals surface area contributed by atoms with Gasteiger partial charge in [-0.15, -0.1) is 0 Å². The third kappa shape index (κ3) is 4.85. The van der Waals surface area contributed by atoms with E-state index in [1.165, 1.54) is 0 Å². The topological polar surface area (TPSA) is 42.5 Å². The molecule has 0 saturated carbocycles. The minimum atomic E-state index is 0.0805. The molecule has 0 aliphatic carbocycles. The van der Waals surface area contributed by atoms with E-state index in [0.717, 1.165) is 22.1 Å². The first-order chi connectivity index (χ1) is 11.6. The Labute approximate surface area is 156 Å². The van der Waals surface area contributed by atoms with Crippen LogP contribution in [-0.4, -0.2) is 19.3 Å². The number of halogens is 1. The molecule has 24 heavy (non-hydrogen) atoms. The number of rotatable bonds is 6. The molecule has 1 atom stereocenters. The number of hydrogen-bond acceptors (Lipinski definition) is 3. The van der Waals surface area contributed by atoms with Crippen LogP contribution in [0.5, 0.6) is 11.5 Å². The molecular weight excluding hydrogens is 388 g/mol. The Morgan fingerprint density at radius 3 is 2.50 bits per heavy atom. The van der Waals surface area contributed by atoms with Gasteiger partial charge in [0.05, 0.1) is 20.3 Å². The van der Waals surface area contributed by atoms with E-state index in [-0.39, 0.29) is 6.04 Å². The summed E-state index contributed by atoms with van der Waals surface area (Å²) in [5, 5.41) is 7.13. The molecule has 6 heteroatoms. The summed E-state index contributed by atoms with van der Waals surface area (Å²) >= 11 is 8.89. The van der Waals surface area contributed by atoms with E-state index >= 15 is 0 Å². The first-order valence-corrected chi connectivity index (χ1v) is 8.82. The number of hydrogen-bond donors (Lipinski definition) is 2. The first-order valence-electron chi connectivity index (χ1n) is 7.62. The predicted octanol–water partition coefficient (Wildman–Crippen LogP) is 4.90. The normalized spacial score (nSPS) is 11.5. The van der Waals surface area contributed by atoms with Gasteiger partial charge in [0.1, 0.15) is 0 Å². The molecule has 0 saturated heterocycles. The molecule has 2 aromatic carbocycles. The van der Waals surface area contributed by atoms with Crippen LogP contribution in [-0.2, 0) is 0 Å². The standard InChI is InChI=1S/C18H21BrN2O2S/c1-4-15(12-8-9-16(22-2)17(10-12)23-3)21-18(24)20-14-7-5-6-13(19)11-14/h5-11,15H,4H2,1-3H3,(H2,20,21,24). The quantitative estimate of drug-likeness (QED) is 0.664. The highest BCUT2D eigenvalue weighted by molar-refractivity contribution is 9.10. The van der Waals surface area contributed by atoms with Crippen LogP contribution in [0.4, 0.5) is 5.69 Å². The largest absolute Gasteiger partial charge is 0.493 e. The predicted molar refractivity (Wildman–Crippen MR) is 106 cm³/mol. The van der Waals surface area contributed by atoms with Crippen molar-refractivity contribution in [3.63, 3.8) is 0 Å². The second-order valence-electron chi connectivity index (χ2n) is 5.18. The van der Waals surface area contributed by atoms with E-state index < -0.39 is 0 Å². The van der Waals surface area contributed by atoms with Gasteiger partial charge >= 0.3 is 0 Å². The first kappa shape index (κ1) is 18.5. The number of benzene rings is 2. The Kier molecular flexibility index (Phi) is 6.87. The Morgan fingerprint density at radius 1 is 1.12 bits per heavy atom. The summed E-state index contributed by atoms with van der Waals surface area (Å²) in [7, 11) is 3.26. The van der Waals surface area contributed by atoms with E-state index in [4.69, 9.17) is 21.7 Å². The second-order valence-corrected chi connectivity index (χ2v) is 6.51. The lowest BCUT2D eigenvalue weighted by molar-refractivity contribution is 0.354. The molecule has 0 amide bonds. The molecule has 0 radical (unpaired) electrons. The van der Waals surface area contributed by atoms with Crippen LogP contribution in [0.15, 0.2) is 46.9 Å². The Bertz CT molecular complexity index is 709. The average Bonchev–Trinajstić information content (AvgIpc) is 2.59. The van der Waals surface area contributed by atoms with Gasteiger partial charge in [0.15, 0.2) is 16.6 Å². The van der Waals surface area contributed by atoms with Gasteiger partial charge in [0, 0.05) is 10.2 Å². The minimum Gasteiger partial charge on any atom is -0.493 e. The number of anilines is 1. The third-order valence-corrected chi connectivity index (χ3v) is 4.32. The van der Waals surface area contributed by atoms with Crippen molar-refractivity contribution in [1.29, 1.82) is 0 Å². The van der Waals surface area contributed by atoms with Gasteiger partial charge in [-0.3, -0.25) is 0 Å². The SMILES string of the molecule is CCC(NC(=S)Nc1cccc(Br)c1)c1ccc(OC)c(OC)c1. The van der Waals surface area contributed by atoms with Gasteiger partial charge in [0.25, 0.3) is 0 Å². The van der Waals surface area contributed by atoms with Crippen LogP contribution < -0.4 is 20.1 Å². The molecule has 2 N–H and O–H groups in total. The van der Waals surface area contributed by atoms with E-state index in [9.17, 15) is 0 Å². The lowest BCUT2D eigenvalue weighted by atomic mass is 10.0. The molecule has 0 aliphatic rings. The van der Waals surface area contributed by atoms with Crippen molar-refractivity contribution in [3.05, 3.63) is 52.5 Å². The highest BCUT2D eigenvalue weighted by Crippen LogP contribution is 2.30. The van der Waals surface area contributed by atoms with Crippen LogP contribution >= 0.6 is 28.1 Å². The molecule has 0 aliphatic heterocycles. The molecule has 0 spiro atoms. The highest BCUT2D eigenvalue weighted by Gasteiger charge is 2.14. The van der Waals surface area contributed by atoms with E-state index in [0.29, 0.717) is 16.6 Å². The zero-order valence-electron chi connectivity index (χ0n) is 13.9. The maximum atomic E-state index is 5.44. The molecule has 2 rings (SSSR count). The van der Waals surface area contributed by atoms with Gasteiger partial charge in [-0.25, -0.2) is 0 Å². The fourth-order valence-electron chi connectivity index (χ4n) is 2.38. The molecular formula is C18H21BrN2O2S. The van der Waals surface area contributed by atoms with Crippen molar-refractivity contribution in [1.82, 2.24) is 5.32 Å². The highest BCUT2D eigenvalue weighted by atomic mass is 79.9. The summed E-state index contributed by atoms with van der Waals surface area (Å²) in [5.41, 5.74) is 2.03. The van der Waals surface area contributed by atoms with Crippen molar-refractivity contribution in [2.24, 2.45) is 0 Å². The van der Waals surface area contributed by atoms with Crippen LogP contribution in [0.2, 0.25) is 0 Å². The van der Waals surface area contributed by atoms with E-state index in [1.807, 2.05) is 42.5 Å². The summed E-state index contributed by atoms with van der Waals surface area (Å²) in [6.07, 6.45) is 0.885. The van der Waals surface area contributed by atoms with Gasteiger partial charge in [0.2, 0.25) is 0 Å². The molecule has 128 valence electrons. The molecule has 4 nitrogen and oxygen atoms in total. The molecule has 2 aromatic rings. The maximum absolute atomic E-state index is 5.44. The molecule has 0 fully saturated rings. The van der Waals surface area contributed by atoms with Crippen LogP contribution in [0.3, 0.4) is 0 Å². The summed E-state index contributed by atoms with van der Waals surface area (Å²) < 4.78 is 11.7. The zero-order valence-corrected chi connectivity index (χ0v) is 16.3. The number of methoxy groups -OCH3 is 2. The van der Waals surface area contributed by atoms with E-state index in [2.05, 4.69) is 33.5 Å². The zero-order chi connectivity index (χ0) is 17.5. The Morgan fingerprint density at radius 2 is 1.88 bits per heavy atom. The molecule has 0 aromatic heterocycles. The third-order valence-electron chi connectivity index (χ3n) is 3.61. The molecule has 0 heterocycles. The number of nitrogens with one attached hydrogen (secondary N) is 2. The van der Waals surface area contributed by atoms with E-state index in [1.54, 1.807) is 14.2 Å². The smallest absolute Gasteiger partial charge is 0.171 e. The van der Waals surface area contributed by atoms with Gasteiger partial charge in [-0.05, 0) is 54.5 Å². The lowest BCUT2D eigenvalue weighted by Crippen LogP contribution is -2.32. The van der Waals surface area contributed by atoms with Crippen LogP contribution in [0.1, 0.15) is 24.9 Å². The average molecular weight is 409 g/mol. The van der Waals surface area contributed by atoms with Gasteiger partial charge in [-0.1, -0.05) is 35.0 Å². The molecule has 0 bridgehead atoms. The Balaban J connectivity index is 2.09. The lowest BCUT2D eigenvalue weighted by Gasteiger charge is -2.21. The van der Waals surface area contributed by atoms with Gasteiger partial charge < -0.3 is 20.1 Å². The minimum absolute atomic E-state index is 0.0805. The summed E-state index contributed by atoms with van der Waals surface area (Å²) in [4.78, 5) is 0. The van der Waals surface area contributed by atoms with Crippen molar-refractivity contribution in [2.75, 3.05) is 19.5 Å². The molecule has 1 unspecified atom stereocenters. The Hall–Kier alpha value is -1.79. The number of thiocarbonyl (C=S) groups is 1. The van der Waals surface area contributed by atoms with Crippen molar-refractivity contribution >= 4 is 38.9 Å². The second kappa shape index (κ2) is 8.89. The fourth-order valence-corrected chi connectivity index (χ4v) is 3.04. The summed E-state index contributed by atoms with van der Waals surface area (Å²) in [6, 6.07) is 13.9. The van der Waals surface area contributed by atoms with Crippen molar-refractivity contribution < 1.29 is 9.47 Å². The van der Waals surface area contributed by atoms with Crippen molar-refractivity contribution in [2.45, 2.75) is 19.4 Å². The maximum Gasteiger partial charge on any atom is 0.171 e. The van der Waals surface area contributed by atoms with Crippen molar-refractivity contribution in [3.8, 4) is 11.5 Å².